The third-order valence-corrected chi connectivity index (χ3v) is 3.48. The van der Waals surface area contributed by atoms with Crippen molar-refractivity contribution in [2.75, 3.05) is 24.6 Å². The summed E-state index contributed by atoms with van der Waals surface area (Å²) in [5.41, 5.74) is 1.08. The van der Waals surface area contributed by atoms with E-state index < -0.39 is 5.97 Å². The Hall–Kier alpha value is -1.55. The minimum Gasteiger partial charge on any atom is -0.478 e. The molecule has 2 atom stereocenters. The Balaban J connectivity index is 2.27. The molecule has 1 aromatic rings. The molecular formula is C13H17NO3. The van der Waals surface area contributed by atoms with Gasteiger partial charge in [0.2, 0.25) is 0 Å². The minimum atomic E-state index is -0.902. The third-order valence-electron chi connectivity index (χ3n) is 3.48. The van der Waals surface area contributed by atoms with Gasteiger partial charge in [0.25, 0.3) is 0 Å². The molecule has 2 rings (SSSR count). The van der Waals surface area contributed by atoms with Crippen LogP contribution >= 0.6 is 0 Å². The van der Waals surface area contributed by atoms with Gasteiger partial charge < -0.3 is 15.1 Å². The van der Waals surface area contributed by atoms with Crippen LogP contribution in [-0.2, 0) is 0 Å². The maximum absolute atomic E-state index is 11.1. The van der Waals surface area contributed by atoms with E-state index in [1.807, 2.05) is 12.1 Å². The van der Waals surface area contributed by atoms with Gasteiger partial charge in [-0.15, -0.1) is 0 Å². The molecule has 0 unspecified atom stereocenters. The molecule has 0 amide bonds. The summed E-state index contributed by atoms with van der Waals surface area (Å²) in [6, 6.07) is 7.03. The van der Waals surface area contributed by atoms with Crippen LogP contribution in [0.25, 0.3) is 0 Å². The van der Waals surface area contributed by atoms with E-state index in [0.717, 1.165) is 18.8 Å². The smallest absolute Gasteiger partial charge is 0.337 e. The molecule has 1 aliphatic rings. The fourth-order valence-corrected chi connectivity index (χ4v) is 2.40. The molecule has 0 saturated carbocycles. The van der Waals surface area contributed by atoms with E-state index in [-0.39, 0.29) is 12.5 Å². The van der Waals surface area contributed by atoms with Crippen molar-refractivity contribution in [3.63, 3.8) is 0 Å². The van der Waals surface area contributed by atoms with Crippen molar-refractivity contribution in [3.8, 4) is 0 Å². The molecule has 4 nitrogen and oxygen atoms in total. The molecule has 1 aliphatic heterocycles. The van der Waals surface area contributed by atoms with E-state index in [4.69, 9.17) is 5.11 Å². The number of aromatic carboxylic acids is 1. The van der Waals surface area contributed by atoms with Gasteiger partial charge in [-0.05, 0) is 18.1 Å². The number of anilines is 1. The first-order valence-electron chi connectivity index (χ1n) is 5.81. The Kier molecular flexibility index (Phi) is 3.33. The van der Waals surface area contributed by atoms with E-state index in [1.54, 1.807) is 12.1 Å². The zero-order chi connectivity index (χ0) is 12.4. The topological polar surface area (TPSA) is 60.8 Å². The van der Waals surface area contributed by atoms with Crippen molar-refractivity contribution in [2.24, 2.45) is 11.8 Å². The highest BCUT2D eigenvalue weighted by Crippen LogP contribution is 2.30. The van der Waals surface area contributed by atoms with Gasteiger partial charge in [-0.2, -0.15) is 0 Å². The first-order valence-corrected chi connectivity index (χ1v) is 5.81. The van der Waals surface area contributed by atoms with Gasteiger partial charge in [-0.25, -0.2) is 4.79 Å². The second kappa shape index (κ2) is 4.75. The highest BCUT2D eigenvalue weighted by atomic mass is 16.4. The number of carboxylic acid groups (broad SMARTS) is 1. The van der Waals surface area contributed by atoms with Gasteiger partial charge in [-0.3, -0.25) is 0 Å². The largest absolute Gasteiger partial charge is 0.478 e. The molecule has 92 valence electrons. The monoisotopic (exact) mass is 235 g/mol. The van der Waals surface area contributed by atoms with Gasteiger partial charge in [0.1, 0.15) is 0 Å². The van der Waals surface area contributed by atoms with E-state index in [1.165, 1.54) is 0 Å². The summed E-state index contributed by atoms with van der Waals surface area (Å²) in [7, 11) is 0. The lowest BCUT2D eigenvalue weighted by Gasteiger charge is -2.20. The van der Waals surface area contributed by atoms with Gasteiger partial charge in [0, 0.05) is 25.6 Å². The van der Waals surface area contributed by atoms with Crippen molar-refractivity contribution in [1.82, 2.24) is 0 Å². The minimum absolute atomic E-state index is 0.160. The molecule has 1 aromatic carbocycles. The van der Waals surface area contributed by atoms with E-state index in [9.17, 15) is 9.90 Å². The van der Waals surface area contributed by atoms with Gasteiger partial charge in [0.05, 0.1) is 11.3 Å². The zero-order valence-corrected chi connectivity index (χ0v) is 9.84. The molecule has 17 heavy (non-hydrogen) atoms. The number of para-hydroxylation sites is 1. The Morgan fingerprint density at radius 2 is 2.12 bits per heavy atom. The molecule has 2 N–H and O–H groups in total. The molecule has 1 saturated heterocycles. The summed E-state index contributed by atoms with van der Waals surface area (Å²) in [6.45, 7) is 3.77. The average Bonchev–Trinajstić information content (AvgIpc) is 2.70. The number of aliphatic hydroxyl groups excluding tert-OH is 1. The Morgan fingerprint density at radius 3 is 2.71 bits per heavy atom. The molecule has 0 aromatic heterocycles. The van der Waals surface area contributed by atoms with Crippen molar-refractivity contribution < 1.29 is 15.0 Å². The number of aliphatic hydroxyl groups is 1. The molecular weight excluding hydrogens is 218 g/mol. The second-order valence-corrected chi connectivity index (χ2v) is 4.65. The van der Waals surface area contributed by atoms with Gasteiger partial charge >= 0.3 is 5.97 Å². The van der Waals surface area contributed by atoms with Crippen LogP contribution in [0.15, 0.2) is 24.3 Å². The predicted octanol–water partition coefficient (Wildman–Crippen LogP) is 1.45. The number of hydrogen-bond acceptors (Lipinski definition) is 3. The predicted molar refractivity (Wildman–Crippen MR) is 65.4 cm³/mol. The van der Waals surface area contributed by atoms with Crippen LogP contribution in [0.1, 0.15) is 17.3 Å². The lowest BCUT2D eigenvalue weighted by atomic mass is 10.00. The van der Waals surface area contributed by atoms with Crippen molar-refractivity contribution in [2.45, 2.75) is 6.92 Å². The maximum atomic E-state index is 11.1. The summed E-state index contributed by atoms with van der Waals surface area (Å²) in [5.74, 6) is -0.278. The van der Waals surface area contributed by atoms with Crippen LogP contribution in [0.4, 0.5) is 5.69 Å². The highest BCUT2D eigenvalue weighted by molar-refractivity contribution is 5.94. The van der Waals surface area contributed by atoms with E-state index in [0.29, 0.717) is 11.5 Å². The summed E-state index contributed by atoms with van der Waals surface area (Å²) in [5, 5.41) is 18.4. The van der Waals surface area contributed by atoms with E-state index in [2.05, 4.69) is 11.8 Å². The first kappa shape index (κ1) is 11.9. The number of carbonyl (C=O) groups is 1. The molecule has 0 radical (unpaired) electrons. The number of hydrogen-bond donors (Lipinski definition) is 2. The van der Waals surface area contributed by atoms with Crippen molar-refractivity contribution in [3.05, 3.63) is 29.8 Å². The Bertz CT molecular complexity index is 419. The molecule has 0 spiro atoms. The maximum Gasteiger partial charge on any atom is 0.337 e. The lowest BCUT2D eigenvalue weighted by Crippen LogP contribution is -2.22. The van der Waals surface area contributed by atoms with Crippen LogP contribution in [-0.4, -0.2) is 35.9 Å². The molecule has 1 heterocycles. The Morgan fingerprint density at radius 1 is 1.41 bits per heavy atom. The zero-order valence-electron chi connectivity index (χ0n) is 9.84. The normalized spacial score (nSPS) is 24.0. The molecule has 1 fully saturated rings. The van der Waals surface area contributed by atoms with Crippen LogP contribution in [0.3, 0.4) is 0 Å². The summed E-state index contributed by atoms with van der Waals surface area (Å²) < 4.78 is 0. The summed E-state index contributed by atoms with van der Waals surface area (Å²) >= 11 is 0. The molecule has 0 aliphatic carbocycles. The lowest BCUT2D eigenvalue weighted by molar-refractivity contribution is 0.0697. The summed E-state index contributed by atoms with van der Waals surface area (Å²) in [6.07, 6.45) is 0. The number of benzene rings is 1. The average molecular weight is 235 g/mol. The van der Waals surface area contributed by atoms with Crippen molar-refractivity contribution >= 4 is 11.7 Å². The molecule has 0 bridgehead atoms. The highest BCUT2D eigenvalue weighted by Gasteiger charge is 2.30. The first-order chi connectivity index (χ1) is 8.13. The quantitative estimate of drug-likeness (QED) is 0.832. The standard InChI is InChI=1S/C13H17NO3/c1-9-6-14(7-10(9)8-15)12-5-3-2-4-11(12)13(16)17/h2-5,9-10,15H,6-8H2,1H3,(H,16,17)/t9-,10-/m0/s1. The SMILES string of the molecule is C[C@H]1CN(c2ccccc2C(=O)O)C[C@H]1CO. The van der Waals surface area contributed by atoms with E-state index >= 15 is 0 Å². The fourth-order valence-electron chi connectivity index (χ4n) is 2.40. The van der Waals surface area contributed by atoms with Gasteiger partial charge in [-0.1, -0.05) is 19.1 Å². The second-order valence-electron chi connectivity index (χ2n) is 4.65. The van der Waals surface area contributed by atoms with Crippen LogP contribution in [0.2, 0.25) is 0 Å². The van der Waals surface area contributed by atoms with Gasteiger partial charge in [0.15, 0.2) is 0 Å². The number of rotatable bonds is 3. The number of carboxylic acids is 1. The van der Waals surface area contributed by atoms with Crippen LogP contribution in [0.5, 0.6) is 0 Å². The molecule has 4 heteroatoms. The van der Waals surface area contributed by atoms with Crippen LogP contribution in [0, 0.1) is 11.8 Å². The third kappa shape index (κ3) is 2.26. The number of nitrogens with zero attached hydrogens (tertiary/aromatic N) is 1. The Labute approximate surface area is 100 Å². The fraction of sp³-hybridized carbons (Fsp3) is 0.462. The van der Waals surface area contributed by atoms with Crippen LogP contribution < -0.4 is 4.90 Å². The summed E-state index contributed by atoms with van der Waals surface area (Å²) in [4.78, 5) is 13.2. The van der Waals surface area contributed by atoms with Crippen molar-refractivity contribution in [1.29, 1.82) is 0 Å².